The second kappa shape index (κ2) is 7.62. The molecule has 1 aliphatic rings. The van der Waals surface area contributed by atoms with Crippen LogP contribution in [0.5, 0.6) is 0 Å². The molecule has 2 nitrogen and oxygen atoms in total. The van der Waals surface area contributed by atoms with Gasteiger partial charge in [-0.2, -0.15) is 0 Å². The third-order valence-electron chi connectivity index (χ3n) is 5.15. The monoisotopic (exact) mass is 308 g/mol. The predicted molar refractivity (Wildman–Crippen MR) is 91.8 cm³/mol. The van der Waals surface area contributed by atoms with E-state index in [1.165, 1.54) is 24.8 Å². The summed E-state index contributed by atoms with van der Waals surface area (Å²) in [6.07, 6.45) is 3.98. The first-order valence-electron chi connectivity index (χ1n) is 8.14. The number of hydrogen-bond acceptors (Lipinski definition) is 2. The molecule has 4 atom stereocenters. The topological polar surface area (TPSA) is 15.3 Å². The molecule has 0 saturated heterocycles. The molecule has 0 spiro atoms. The average molecular weight is 309 g/mol. The molecule has 1 saturated carbocycles. The van der Waals surface area contributed by atoms with E-state index < -0.39 is 0 Å². The molecule has 2 rings (SSSR count). The number of nitrogens with zero attached hydrogens (tertiary/aromatic N) is 1. The van der Waals surface area contributed by atoms with E-state index in [4.69, 9.17) is 11.6 Å². The van der Waals surface area contributed by atoms with E-state index in [0.29, 0.717) is 12.1 Å². The number of hydrogen-bond donors (Lipinski definition) is 1. The third kappa shape index (κ3) is 4.21. The molecule has 1 aliphatic carbocycles. The van der Waals surface area contributed by atoms with Crippen molar-refractivity contribution in [2.75, 3.05) is 20.6 Å². The van der Waals surface area contributed by atoms with Gasteiger partial charge in [-0.05, 0) is 63.7 Å². The molecule has 0 amide bonds. The van der Waals surface area contributed by atoms with E-state index in [2.05, 4.69) is 50.3 Å². The Kier molecular flexibility index (Phi) is 6.09. The van der Waals surface area contributed by atoms with Crippen molar-refractivity contribution in [1.82, 2.24) is 10.2 Å². The molecule has 1 fully saturated rings. The lowest BCUT2D eigenvalue weighted by Gasteiger charge is -2.38. The van der Waals surface area contributed by atoms with Crippen molar-refractivity contribution in [1.29, 1.82) is 0 Å². The van der Waals surface area contributed by atoms with Gasteiger partial charge >= 0.3 is 0 Å². The Labute approximate surface area is 134 Å². The summed E-state index contributed by atoms with van der Waals surface area (Å²) in [4.78, 5) is 2.45. The van der Waals surface area contributed by atoms with E-state index in [-0.39, 0.29) is 0 Å². The summed E-state index contributed by atoms with van der Waals surface area (Å²) < 4.78 is 0. The molecule has 4 unspecified atom stereocenters. The molecule has 0 aromatic heterocycles. The fourth-order valence-electron chi connectivity index (χ4n) is 3.66. The molecular weight excluding hydrogens is 280 g/mol. The summed E-state index contributed by atoms with van der Waals surface area (Å²) in [6, 6.07) is 9.21. The van der Waals surface area contributed by atoms with E-state index >= 15 is 0 Å². The van der Waals surface area contributed by atoms with Crippen molar-refractivity contribution < 1.29 is 0 Å². The molecule has 3 heteroatoms. The molecule has 1 aromatic rings. The van der Waals surface area contributed by atoms with Crippen LogP contribution in [0.1, 0.15) is 44.7 Å². The first-order valence-corrected chi connectivity index (χ1v) is 8.52. The van der Waals surface area contributed by atoms with Crippen LogP contribution in [-0.4, -0.2) is 31.6 Å². The average Bonchev–Trinajstić information content (AvgIpc) is 2.47. The van der Waals surface area contributed by atoms with Crippen LogP contribution < -0.4 is 5.32 Å². The lowest BCUT2D eigenvalue weighted by Crippen LogP contribution is -2.44. The van der Waals surface area contributed by atoms with Crippen molar-refractivity contribution in [3.8, 4) is 0 Å². The van der Waals surface area contributed by atoms with Crippen LogP contribution in [0.4, 0.5) is 0 Å². The molecule has 1 aromatic carbocycles. The number of benzene rings is 1. The molecule has 0 heterocycles. The Morgan fingerprint density at radius 1 is 1.33 bits per heavy atom. The van der Waals surface area contributed by atoms with Gasteiger partial charge in [0.2, 0.25) is 0 Å². The van der Waals surface area contributed by atoms with Crippen LogP contribution in [-0.2, 0) is 0 Å². The Hall–Kier alpha value is -0.570. The molecule has 0 bridgehead atoms. The Balaban J connectivity index is 2.02. The fraction of sp³-hybridized carbons (Fsp3) is 0.667. The standard InChI is InChI=1S/C18H29ClN2/c1-13-9-10-18(20-3)15(11-13)12-21(4)14(2)16-7-5-6-8-17(16)19/h5-8,13-15,18,20H,9-12H2,1-4H3. The maximum atomic E-state index is 6.35. The minimum absolute atomic E-state index is 0.355. The second-order valence-corrected chi connectivity index (χ2v) is 7.12. The van der Waals surface area contributed by atoms with Crippen molar-refractivity contribution in [2.45, 2.75) is 45.2 Å². The minimum Gasteiger partial charge on any atom is -0.317 e. The van der Waals surface area contributed by atoms with Crippen molar-refractivity contribution in [2.24, 2.45) is 11.8 Å². The van der Waals surface area contributed by atoms with Gasteiger partial charge in [0.1, 0.15) is 0 Å². The highest BCUT2D eigenvalue weighted by Gasteiger charge is 2.29. The first-order chi connectivity index (χ1) is 10.0. The Morgan fingerprint density at radius 2 is 2.05 bits per heavy atom. The Morgan fingerprint density at radius 3 is 2.71 bits per heavy atom. The van der Waals surface area contributed by atoms with Gasteiger partial charge in [-0.25, -0.2) is 0 Å². The van der Waals surface area contributed by atoms with Crippen LogP contribution in [0.15, 0.2) is 24.3 Å². The zero-order chi connectivity index (χ0) is 15.4. The molecule has 0 radical (unpaired) electrons. The minimum atomic E-state index is 0.355. The van der Waals surface area contributed by atoms with Gasteiger partial charge in [-0.3, -0.25) is 4.90 Å². The smallest absolute Gasteiger partial charge is 0.0453 e. The number of nitrogens with one attached hydrogen (secondary N) is 1. The lowest BCUT2D eigenvalue weighted by molar-refractivity contribution is 0.143. The summed E-state index contributed by atoms with van der Waals surface area (Å²) in [5.41, 5.74) is 1.23. The van der Waals surface area contributed by atoms with E-state index in [1.807, 2.05) is 12.1 Å². The van der Waals surface area contributed by atoms with Gasteiger partial charge in [-0.1, -0.05) is 36.7 Å². The second-order valence-electron chi connectivity index (χ2n) is 6.71. The van der Waals surface area contributed by atoms with Gasteiger partial charge < -0.3 is 5.32 Å². The van der Waals surface area contributed by atoms with Crippen molar-refractivity contribution >= 4 is 11.6 Å². The van der Waals surface area contributed by atoms with Gasteiger partial charge in [0.05, 0.1) is 0 Å². The zero-order valence-electron chi connectivity index (χ0n) is 13.8. The zero-order valence-corrected chi connectivity index (χ0v) is 14.5. The maximum Gasteiger partial charge on any atom is 0.0453 e. The van der Waals surface area contributed by atoms with E-state index in [1.54, 1.807) is 0 Å². The maximum absolute atomic E-state index is 6.35. The molecule has 21 heavy (non-hydrogen) atoms. The largest absolute Gasteiger partial charge is 0.317 e. The highest BCUT2D eigenvalue weighted by atomic mass is 35.5. The number of halogens is 1. The third-order valence-corrected chi connectivity index (χ3v) is 5.50. The highest BCUT2D eigenvalue weighted by Crippen LogP contribution is 2.32. The lowest BCUT2D eigenvalue weighted by atomic mass is 9.78. The molecular formula is C18H29ClN2. The highest BCUT2D eigenvalue weighted by molar-refractivity contribution is 6.31. The van der Waals surface area contributed by atoms with Crippen LogP contribution >= 0.6 is 11.6 Å². The summed E-state index contributed by atoms with van der Waals surface area (Å²) in [5.74, 6) is 1.58. The summed E-state index contributed by atoms with van der Waals surface area (Å²) in [5, 5.41) is 4.39. The quantitative estimate of drug-likeness (QED) is 0.869. The normalized spacial score (nSPS) is 27.8. The van der Waals surface area contributed by atoms with Crippen LogP contribution in [0.2, 0.25) is 5.02 Å². The van der Waals surface area contributed by atoms with E-state index in [9.17, 15) is 0 Å². The van der Waals surface area contributed by atoms with Crippen molar-refractivity contribution in [3.05, 3.63) is 34.9 Å². The first kappa shape index (κ1) is 16.8. The van der Waals surface area contributed by atoms with Gasteiger partial charge in [0.15, 0.2) is 0 Å². The summed E-state index contributed by atoms with van der Waals surface area (Å²) >= 11 is 6.35. The van der Waals surface area contributed by atoms with Gasteiger partial charge in [0.25, 0.3) is 0 Å². The van der Waals surface area contributed by atoms with E-state index in [0.717, 1.165) is 23.4 Å². The fourth-order valence-corrected chi connectivity index (χ4v) is 3.95. The van der Waals surface area contributed by atoms with Gasteiger partial charge in [-0.15, -0.1) is 0 Å². The Bertz CT molecular complexity index is 449. The van der Waals surface area contributed by atoms with Crippen molar-refractivity contribution in [3.63, 3.8) is 0 Å². The summed E-state index contributed by atoms with van der Waals surface area (Å²) in [7, 11) is 4.32. The SMILES string of the molecule is CNC1CCC(C)CC1CN(C)C(C)c1ccccc1Cl. The predicted octanol–water partition coefficient (Wildman–Crippen LogP) is 4.36. The van der Waals surface area contributed by atoms with Gasteiger partial charge in [0, 0.05) is 23.7 Å². The molecule has 1 N–H and O–H groups in total. The number of rotatable bonds is 5. The molecule has 118 valence electrons. The molecule has 0 aliphatic heterocycles. The van der Waals surface area contributed by atoms with Crippen LogP contribution in [0.25, 0.3) is 0 Å². The summed E-state index contributed by atoms with van der Waals surface area (Å²) in [6.45, 7) is 5.76. The van der Waals surface area contributed by atoms with Crippen LogP contribution in [0.3, 0.4) is 0 Å². The van der Waals surface area contributed by atoms with Crippen LogP contribution in [0, 0.1) is 11.8 Å².